The van der Waals surface area contributed by atoms with Gasteiger partial charge in [0, 0.05) is 26.4 Å². The average Bonchev–Trinajstić information content (AvgIpc) is 2.66. The molecule has 0 spiro atoms. The fourth-order valence-corrected chi connectivity index (χ4v) is 5.43. The molecule has 0 aliphatic heterocycles. The van der Waals surface area contributed by atoms with Gasteiger partial charge in [-0.1, -0.05) is 29.8 Å². The molecule has 0 aromatic heterocycles. The number of rotatable bonds is 8. The van der Waals surface area contributed by atoms with Gasteiger partial charge in [-0.05, 0) is 24.6 Å². The summed E-state index contributed by atoms with van der Waals surface area (Å²) in [6.45, 7) is 1.81. The zero-order valence-electron chi connectivity index (χ0n) is 14.9. The van der Waals surface area contributed by atoms with Crippen molar-refractivity contribution in [2.45, 2.75) is 17.6 Å². The highest BCUT2D eigenvalue weighted by atomic mass is 32.2. The number of nitro groups is 1. The molecule has 11 heteroatoms. The number of aryl methyl sites for hydroxylation is 1. The van der Waals surface area contributed by atoms with Gasteiger partial charge in [-0.2, -0.15) is 4.72 Å². The Bertz CT molecular complexity index is 969. The minimum Gasteiger partial charge on any atom is -0.311 e. The van der Waals surface area contributed by atoms with Crippen LogP contribution in [0.15, 0.2) is 53.4 Å². The van der Waals surface area contributed by atoms with E-state index in [0.29, 0.717) is 0 Å². The Labute approximate surface area is 157 Å². The van der Waals surface area contributed by atoms with E-state index >= 15 is 0 Å². The van der Waals surface area contributed by atoms with Crippen molar-refractivity contribution in [1.82, 2.24) is 4.72 Å². The molecule has 0 fully saturated rings. The van der Waals surface area contributed by atoms with E-state index in [1.165, 1.54) is 30.3 Å². The number of nitrogens with one attached hydrogen (secondary N) is 1. The van der Waals surface area contributed by atoms with Crippen molar-refractivity contribution in [3.8, 4) is 0 Å². The lowest BCUT2D eigenvalue weighted by atomic mass is 10.2. The van der Waals surface area contributed by atoms with Gasteiger partial charge in [-0.3, -0.25) is 14.7 Å². The number of sulfonamides is 1. The van der Waals surface area contributed by atoms with Crippen molar-refractivity contribution < 1.29 is 27.0 Å². The minimum absolute atomic E-state index is 0.0534. The predicted molar refractivity (Wildman–Crippen MR) is 99.0 cm³/mol. The summed E-state index contributed by atoms with van der Waals surface area (Å²) in [6, 6.07) is 11.1. The summed E-state index contributed by atoms with van der Waals surface area (Å²) >= 11 is 0. The van der Waals surface area contributed by atoms with Crippen molar-refractivity contribution >= 4 is 23.3 Å². The molecule has 0 radical (unpaired) electrons. The number of benzene rings is 2. The molecule has 0 aliphatic rings. The number of hydrogen-bond acceptors (Lipinski definition) is 7. The van der Waals surface area contributed by atoms with Crippen molar-refractivity contribution in [2.75, 3.05) is 14.2 Å². The molecule has 146 valence electrons. The molecule has 1 unspecified atom stereocenters. The van der Waals surface area contributed by atoms with Crippen LogP contribution in [-0.4, -0.2) is 27.6 Å². The van der Waals surface area contributed by atoms with E-state index in [1.54, 1.807) is 19.1 Å². The molecule has 0 saturated carbocycles. The van der Waals surface area contributed by atoms with Gasteiger partial charge in [-0.15, -0.1) is 0 Å². The van der Waals surface area contributed by atoms with Gasteiger partial charge in [0.05, 0.1) is 9.82 Å². The van der Waals surface area contributed by atoms with E-state index < -0.39 is 28.3 Å². The standard InChI is InChI=1S/C16H19N2O7PS/c1-12-7-9-15(10-8-12)27(22,23)17-16(26(21,24-2)25-3)13-5-4-6-14(11-13)18(19)20/h4-11,16-17H,1-3H3. The molecule has 0 heterocycles. The fourth-order valence-electron chi connectivity index (χ4n) is 2.34. The first kappa shape index (κ1) is 21.2. The number of non-ortho nitro benzene ring substituents is 1. The first-order valence-electron chi connectivity index (χ1n) is 7.67. The van der Waals surface area contributed by atoms with Crippen molar-refractivity contribution in [2.24, 2.45) is 0 Å². The second kappa shape index (κ2) is 8.28. The monoisotopic (exact) mass is 414 g/mol. The highest BCUT2D eigenvalue weighted by molar-refractivity contribution is 7.89. The summed E-state index contributed by atoms with van der Waals surface area (Å²) in [6.07, 6.45) is 0. The van der Waals surface area contributed by atoms with Crippen LogP contribution >= 0.6 is 7.60 Å². The summed E-state index contributed by atoms with van der Waals surface area (Å²) < 4.78 is 50.6. The second-order valence-corrected chi connectivity index (χ2v) is 9.63. The van der Waals surface area contributed by atoms with Crippen molar-refractivity contribution in [3.63, 3.8) is 0 Å². The van der Waals surface area contributed by atoms with Gasteiger partial charge in [0.2, 0.25) is 10.0 Å². The summed E-state index contributed by atoms with van der Waals surface area (Å²) in [4.78, 5) is 10.3. The van der Waals surface area contributed by atoms with Crippen LogP contribution < -0.4 is 4.72 Å². The molecule has 27 heavy (non-hydrogen) atoms. The molecular formula is C16H19N2O7PS. The largest absolute Gasteiger partial charge is 0.352 e. The van der Waals surface area contributed by atoms with Crippen LogP contribution in [0.25, 0.3) is 0 Å². The SMILES string of the molecule is COP(=O)(OC)C(NS(=O)(=O)c1ccc(C)cc1)c1cccc([N+](=O)[O-])c1. The van der Waals surface area contributed by atoms with Gasteiger partial charge in [0.1, 0.15) is 5.78 Å². The van der Waals surface area contributed by atoms with Crippen LogP contribution in [0.3, 0.4) is 0 Å². The molecule has 2 aromatic carbocycles. The van der Waals surface area contributed by atoms with E-state index in [9.17, 15) is 23.1 Å². The smallest absolute Gasteiger partial charge is 0.311 e. The lowest BCUT2D eigenvalue weighted by molar-refractivity contribution is -0.384. The van der Waals surface area contributed by atoms with E-state index in [1.807, 2.05) is 0 Å². The molecule has 1 atom stereocenters. The Hall–Kier alpha value is -2.10. The van der Waals surface area contributed by atoms with Crippen molar-refractivity contribution in [1.29, 1.82) is 0 Å². The Balaban J connectivity index is 2.54. The molecule has 1 N–H and O–H groups in total. The minimum atomic E-state index is -4.11. The maximum Gasteiger partial charge on any atom is 0.352 e. The molecule has 0 amide bonds. The number of nitrogens with zero attached hydrogens (tertiary/aromatic N) is 1. The highest BCUT2D eigenvalue weighted by Crippen LogP contribution is 2.59. The second-order valence-electron chi connectivity index (χ2n) is 5.59. The summed E-state index contributed by atoms with van der Waals surface area (Å²) in [5.41, 5.74) is 0.654. The van der Waals surface area contributed by atoms with E-state index in [-0.39, 0.29) is 16.1 Å². The van der Waals surface area contributed by atoms with Crippen LogP contribution in [0.1, 0.15) is 16.9 Å². The van der Waals surface area contributed by atoms with Crippen LogP contribution in [0.5, 0.6) is 0 Å². The topological polar surface area (TPSA) is 125 Å². The van der Waals surface area contributed by atoms with Gasteiger partial charge in [0.15, 0.2) is 0 Å². The Morgan fingerprint density at radius 3 is 2.22 bits per heavy atom. The molecule has 0 aliphatic carbocycles. The summed E-state index contributed by atoms with van der Waals surface area (Å²) in [7, 11) is -5.90. The summed E-state index contributed by atoms with van der Waals surface area (Å²) in [5.74, 6) is -1.47. The molecule has 0 bridgehead atoms. The van der Waals surface area contributed by atoms with Crippen molar-refractivity contribution in [3.05, 3.63) is 69.8 Å². The van der Waals surface area contributed by atoms with Gasteiger partial charge in [0.25, 0.3) is 5.69 Å². The van der Waals surface area contributed by atoms with Gasteiger partial charge < -0.3 is 9.05 Å². The van der Waals surface area contributed by atoms with Crippen LogP contribution in [0.2, 0.25) is 0 Å². The van der Waals surface area contributed by atoms with E-state index in [2.05, 4.69) is 4.72 Å². The molecule has 9 nitrogen and oxygen atoms in total. The third-order valence-electron chi connectivity index (χ3n) is 3.82. The first-order chi connectivity index (χ1) is 12.6. The third kappa shape index (κ3) is 4.79. The quantitative estimate of drug-likeness (QED) is 0.399. The maximum atomic E-state index is 13.0. The first-order valence-corrected chi connectivity index (χ1v) is 10.8. The zero-order chi connectivity index (χ0) is 20.2. The average molecular weight is 414 g/mol. The summed E-state index contributed by atoms with van der Waals surface area (Å²) in [5, 5.41) is 11.0. The lowest BCUT2D eigenvalue weighted by Crippen LogP contribution is -2.29. The number of nitro benzene ring substituents is 1. The van der Waals surface area contributed by atoms with Gasteiger partial charge >= 0.3 is 7.60 Å². The number of hydrogen-bond donors (Lipinski definition) is 1. The lowest BCUT2D eigenvalue weighted by Gasteiger charge is -2.25. The third-order valence-corrected chi connectivity index (χ3v) is 7.51. The zero-order valence-corrected chi connectivity index (χ0v) is 16.6. The molecule has 2 aromatic rings. The molecular weight excluding hydrogens is 395 g/mol. The highest BCUT2D eigenvalue weighted by Gasteiger charge is 2.39. The molecule has 2 rings (SSSR count). The van der Waals surface area contributed by atoms with Crippen LogP contribution in [0, 0.1) is 17.0 Å². The van der Waals surface area contributed by atoms with Crippen LogP contribution in [-0.2, 0) is 23.6 Å². The fraction of sp³-hybridized carbons (Fsp3) is 0.250. The predicted octanol–water partition coefficient (Wildman–Crippen LogP) is 3.37. The Kier molecular flexibility index (Phi) is 6.50. The Morgan fingerprint density at radius 1 is 1.11 bits per heavy atom. The molecule has 0 saturated heterocycles. The maximum absolute atomic E-state index is 13.0. The van der Waals surface area contributed by atoms with E-state index in [0.717, 1.165) is 25.8 Å². The Morgan fingerprint density at radius 2 is 1.70 bits per heavy atom. The van der Waals surface area contributed by atoms with Gasteiger partial charge in [-0.25, -0.2) is 8.42 Å². The van der Waals surface area contributed by atoms with Crippen LogP contribution in [0.4, 0.5) is 5.69 Å². The van der Waals surface area contributed by atoms with E-state index in [4.69, 9.17) is 9.05 Å². The normalized spacial score (nSPS) is 13.3.